The average Bonchev–Trinajstić information content (AvgIpc) is 3.36. The SMILES string of the molecule is COc1ccc(N2CCN(C(=O)c3ccc(Oc4nc(Cc5ccc(F)cc5)ns4)cc3)CC2)cc1. The van der Waals surface area contributed by atoms with Gasteiger partial charge in [0.25, 0.3) is 11.1 Å². The van der Waals surface area contributed by atoms with Gasteiger partial charge in [0.05, 0.1) is 7.11 Å². The van der Waals surface area contributed by atoms with E-state index in [2.05, 4.69) is 14.3 Å². The first-order chi connectivity index (χ1) is 17.6. The van der Waals surface area contributed by atoms with Crippen molar-refractivity contribution < 1.29 is 18.7 Å². The highest BCUT2D eigenvalue weighted by atomic mass is 32.1. The highest BCUT2D eigenvalue weighted by molar-refractivity contribution is 7.07. The van der Waals surface area contributed by atoms with Crippen LogP contribution in [-0.2, 0) is 6.42 Å². The fraction of sp³-hybridized carbons (Fsp3) is 0.222. The molecular weight excluding hydrogens is 479 g/mol. The quantitative estimate of drug-likeness (QED) is 0.352. The van der Waals surface area contributed by atoms with Gasteiger partial charge < -0.3 is 19.3 Å². The normalized spacial score (nSPS) is 13.5. The number of aromatic nitrogens is 2. The van der Waals surface area contributed by atoms with E-state index >= 15 is 0 Å². The molecule has 1 aliphatic heterocycles. The monoisotopic (exact) mass is 504 g/mol. The molecule has 184 valence electrons. The molecule has 0 bridgehead atoms. The zero-order chi connectivity index (χ0) is 24.9. The summed E-state index contributed by atoms with van der Waals surface area (Å²) in [5.74, 6) is 1.76. The van der Waals surface area contributed by atoms with Gasteiger partial charge in [-0.05, 0) is 66.2 Å². The highest BCUT2D eigenvalue weighted by Crippen LogP contribution is 2.25. The lowest BCUT2D eigenvalue weighted by Gasteiger charge is -2.36. The van der Waals surface area contributed by atoms with E-state index in [-0.39, 0.29) is 11.7 Å². The first-order valence-electron chi connectivity index (χ1n) is 11.6. The molecule has 1 aromatic heterocycles. The number of rotatable bonds is 7. The standard InChI is InChI=1S/C27H25FN4O3S/c1-34-23-12-8-22(9-13-23)31-14-16-32(17-15-31)26(33)20-4-10-24(11-5-20)35-27-29-25(30-36-27)18-19-2-6-21(28)7-3-19/h2-13H,14-18H2,1H3. The summed E-state index contributed by atoms with van der Waals surface area (Å²) in [5, 5.41) is 0.417. The zero-order valence-corrected chi connectivity index (χ0v) is 20.6. The molecular formula is C27H25FN4O3S. The molecule has 3 aromatic carbocycles. The maximum absolute atomic E-state index is 13.1. The van der Waals surface area contributed by atoms with Gasteiger partial charge >= 0.3 is 0 Å². The Bertz CT molecular complexity index is 1300. The van der Waals surface area contributed by atoms with Crippen LogP contribution in [-0.4, -0.2) is 53.5 Å². The fourth-order valence-electron chi connectivity index (χ4n) is 4.05. The molecule has 7 nitrogen and oxygen atoms in total. The van der Waals surface area contributed by atoms with Crippen molar-refractivity contribution in [1.82, 2.24) is 14.3 Å². The molecule has 4 aromatic rings. The summed E-state index contributed by atoms with van der Waals surface area (Å²) in [5.41, 5.74) is 2.67. The lowest BCUT2D eigenvalue weighted by Crippen LogP contribution is -2.48. The number of carbonyl (C=O) groups excluding carboxylic acids is 1. The van der Waals surface area contributed by atoms with Gasteiger partial charge in [-0.2, -0.15) is 9.36 Å². The third-order valence-electron chi connectivity index (χ3n) is 6.04. The molecule has 0 aliphatic carbocycles. The molecule has 0 unspecified atom stereocenters. The average molecular weight is 505 g/mol. The summed E-state index contributed by atoms with van der Waals surface area (Å²) in [6.07, 6.45) is 0.499. The third-order valence-corrected chi connectivity index (χ3v) is 6.67. The van der Waals surface area contributed by atoms with Crippen LogP contribution in [0.4, 0.5) is 10.1 Å². The van der Waals surface area contributed by atoms with Crippen molar-refractivity contribution >= 4 is 23.1 Å². The minimum absolute atomic E-state index is 0.00781. The molecule has 0 N–H and O–H groups in total. The molecule has 0 saturated carbocycles. The number of hydrogen-bond donors (Lipinski definition) is 0. The number of amides is 1. The van der Waals surface area contributed by atoms with E-state index in [1.807, 2.05) is 29.2 Å². The van der Waals surface area contributed by atoms with Crippen LogP contribution in [0.15, 0.2) is 72.8 Å². The zero-order valence-electron chi connectivity index (χ0n) is 19.8. The Kier molecular flexibility index (Phi) is 7.08. The Morgan fingerprint density at radius 3 is 2.25 bits per heavy atom. The van der Waals surface area contributed by atoms with E-state index in [0.29, 0.717) is 41.8 Å². The fourth-order valence-corrected chi connectivity index (χ4v) is 4.61. The van der Waals surface area contributed by atoms with Crippen LogP contribution < -0.4 is 14.4 Å². The summed E-state index contributed by atoms with van der Waals surface area (Å²) in [6, 6.07) is 21.3. The Morgan fingerprint density at radius 2 is 1.58 bits per heavy atom. The van der Waals surface area contributed by atoms with Gasteiger partial charge in [-0.15, -0.1) is 0 Å². The first-order valence-corrected chi connectivity index (χ1v) is 12.4. The van der Waals surface area contributed by atoms with E-state index in [4.69, 9.17) is 9.47 Å². The number of nitrogens with zero attached hydrogens (tertiary/aromatic N) is 4. The third kappa shape index (κ3) is 5.63. The van der Waals surface area contributed by atoms with Crippen LogP contribution >= 0.6 is 11.5 Å². The number of methoxy groups -OCH3 is 1. The predicted molar refractivity (Wildman–Crippen MR) is 137 cm³/mol. The number of ether oxygens (including phenoxy) is 2. The van der Waals surface area contributed by atoms with Crippen molar-refractivity contribution in [3.05, 3.63) is 95.6 Å². The number of hydrogen-bond acceptors (Lipinski definition) is 7. The minimum atomic E-state index is -0.272. The van der Waals surface area contributed by atoms with Crippen LogP contribution in [0.25, 0.3) is 0 Å². The Morgan fingerprint density at radius 1 is 0.917 bits per heavy atom. The predicted octanol–water partition coefficient (Wildman–Crippen LogP) is 5.03. The van der Waals surface area contributed by atoms with Crippen molar-refractivity contribution in [2.24, 2.45) is 0 Å². The lowest BCUT2D eigenvalue weighted by atomic mass is 10.1. The maximum atomic E-state index is 13.1. The molecule has 0 spiro atoms. The smallest absolute Gasteiger partial charge is 0.298 e. The summed E-state index contributed by atoms with van der Waals surface area (Å²) >= 11 is 1.16. The van der Waals surface area contributed by atoms with Crippen LogP contribution in [0, 0.1) is 5.82 Å². The van der Waals surface area contributed by atoms with E-state index < -0.39 is 0 Å². The Hall–Kier alpha value is -3.98. The largest absolute Gasteiger partial charge is 0.497 e. The number of anilines is 1. The molecule has 36 heavy (non-hydrogen) atoms. The topological polar surface area (TPSA) is 67.8 Å². The maximum Gasteiger partial charge on any atom is 0.298 e. The van der Waals surface area contributed by atoms with Gasteiger partial charge in [0.15, 0.2) is 5.82 Å². The van der Waals surface area contributed by atoms with Crippen LogP contribution in [0.1, 0.15) is 21.7 Å². The highest BCUT2D eigenvalue weighted by Gasteiger charge is 2.22. The van der Waals surface area contributed by atoms with Crippen LogP contribution in [0.5, 0.6) is 16.7 Å². The number of carbonyl (C=O) groups is 1. The van der Waals surface area contributed by atoms with E-state index in [9.17, 15) is 9.18 Å². The van der Waals surface area contributed by atoms with Gasteiger partial charge in [-0.25, -0.2) is 4.39 Å². The van der Waals surface area contributed by atoms with Crippen molar-refractivity contribution in [2.45, 2.75) is 6.42 Å². The van der Waals surface area contributed by atoms with Gasteiger partial charge in [0.1, 0.15) is 17.3 Å². The van der Waals surface area contributed by atoms with Crippen molar-refractivity contribution in [1.29, 1.82) is 0 Å². The van der Waals surface area contributed by atoms with Crippen molar-refractivity contribution in [3.63, 3.8) is 0 Å². The van der Waals surface area contributed by atoms with Gasteiger partial charge in [-0.1, -0.05) is 12.1 Å². The number of halogens is 1. The summed E-state index contributed by atoms with van der Waals surface area (Å²) < 4.78 is 28.4. The molecule has 0 radical (unpaired) electrons. The molecule has 1 saturated heterocycles. The number of benzene rings is 3. The second kappa shape index (κ2) is 10.7. The summed E-state index contributed by atoms with van der Waals surface area (Å²) in [4.78, 5) is 21.5. The van der Waals surface area contributed by atoms with Gasteiger partial charge in [0, 0.05) is 55.4 Å². The van der Waals surface area contributed by atoms with Crippen LogP contribution in [0.2, 0.25) is 0 Å². The van der Waals surface area contributed by atoms with Gasteiger partial charge in [-0.3, -0.25) is 4.79 Å². The molecule has 1 amide bonds. The van der Waals surface area contributed by atoms with Crippen molar-refractivity contribution in [3.8, 4) is 16.7 Å². The summed E-state index contributed by atoms with van der Waals surface area (Å²) in [7, 11) is 1.65. The molecule has 0 atom stereocenters. The first kappa shape index (κ1) is 23.7. The van der Waals surface area contributed by atoms with E-state index in [0.717, 1.165) is 41.6 Å². The molecule has 9 heteroatoms. The second-order valence-electron chi connectivity index (χ2n) is 8.38. The second-order valence-corrected chi connectivity index (χ2v) is 9.10. The molecule has 1 aliphatic rings. The van der Waals surface area contributed by atoms with Crippen molar-refractivity contribution in [2.75, 3.05) is 38.2 Å². The molecule has 1 fully saturated rings. The van der Waals surface area contributed by atoms with Gasteiger partial charge in [0.2, 0.25) is 0 Å². The Labute approximate surface area is 212 Å². The van der Waals surface area contributed by atoms with Crippen LogP contribution in [0.3, 0.4) is 0 Å². The van der Waals surface area contributed by atoms with E-state index in [1.165, 1.54) is 12.1 Å². The summed E-state index contributed by atoms with van der Waals surface area (Å²) in [6.45, 7) is 2.86. The molecule has 2 heterocycles. The number of piperazine rings is 1. The minimum Gasteiger partial charge on any atom is -0.497 e. The molecule has 5 rings (SSSR count). The van der Waals surface area contributed by atoms with E-state index in [1.54, 1.807) is 43.5 Å². The Balaban J connectivity index is 1.14. The lowest BCUT2D eigenvalue weighted by molar-refractivity contribution is 0.0747.